The zero-order valence-corrected chi connectivity index (χ0v) is 23.8. The Balaban J connectivity index is 1.56. The van der Waals surface area contributed by atoms with Crippen molar-refractivity contribution in [3.05, 3.63) is 95.6 Å². The first-order chi connectivity index (χ1) is 20.5. The summed E-state index contributed by atoms with van der Waals surface area (Å²) in [5.74, 6) is -1.65. The third kappa shape index (κ3) is 11.4. The largest absolute Gasteiger partial charge is 0.423 e. The fourth-order valence-electron chi connectivity index (χ4n) is 3.97. The number of carbonyl (C=O) groups is 4. The van der Waals surface area contributed by atoms with Crippen molar-refractivity contribution in [1.82, 2.24) is 10.7 Å². The molecule has 220 valence electrons. The lowest BCUT2D eigenvalue weighted by atomic mass is 10.1. The summed E-state index contributed by atoms with van der Waals surface area (Å²) < 4.78 is 11.0. The van der Waals surface area contributed by atoms with Crippen LogP contribution in [0.15, 0.2) is 84.0 Å². The third-order valence-electron chi connectivity index (χ3n) is 6.26. The van der Waals surface area contributed by atoms with Crippen LogP contribution in [0.5, 0.6) is 11.5 Å². The molecule has 2 N–H and O–H groups in total. The SMILES string of the molecule is CCCCCCCCCC(=O)NCC(=O)NN=Cc1ccc(OC(=O)c2ccccc2)cc1OC(=O)c1ccccc1. The molecule has 0 unspecified atom stereocenters. The fraction of sp³-hybridized carbons (Fsp3) is 0.303. The second-order valence-corrected chi connectivity index (χ2v) is 9.65. The first kappa shape index (κ1) is 31.7. The average molecular weight is 572 g/mol. The summed E-state index contributed by atoms with van der Waals surface area (Å²) in [6, 6.07) is 21.4. The highest BCUT2D eigenvalue weighted by Crippen LogP contribution is 2.26. The van der Waals surface area contributed by atoms with E-state index in [0.29, 0.717) is 23.1 Å². The number of carbonyl (C=O) groups excluding carboxylic acids is 4. The quantitative estimate of drug-likeness (QED) is 0.0733. The highest BCUT2D eigenvalue weighted by molar-refractivity contribution is 5.94. The van der Waals surface area contributed by atoms with Crippen LogP contribution in [-0.2, 0) is 9.59 Å². The molecule has 0 fully saturated rings. The van der Waals surface area contributed by atoms with Gasteiger partial charge in [-0.2, -0.15) is 5.10 Å². The van der Waals surface area contributed by atoms with Gasteiger partial charge in [0.1, 0.15) is 11.5 Å². The minimum Gasteiger partial charge on any atom is -0.423 e. The van der Waals surface area contributed by atoms with Crippen molar-refractivity contribution in [3.63, 3.8) is 0 Å². The summed E-state index contributed by atoms with van der Waals surface area (Å²) >= 11 is 0. The van der Waals surface area contributed by atoms with Gasteiger partial charge in [-0.1, -0.05) is 81.8 Å². The Hall–Kier alpha value is -4.79. The van der Waals surface area contributed by atoms with E-state index in [2.05, 4.69) is 22.8 Å². The van der Waals surface area contributed by atoms with Crippen LogP contribution in [0.25, 0.3) is 0 Å². The Morgan fingerprint density at radius 2 is 1.31 bits per heavy atom. The summed E-state index contributed by atoms with van der Waals surface area (Å²) in [6.45, 7) is 1.97. The lowest BCUT2D eigenvalue weighted by Crippen LogP contribution is -2.34. The van der Waals surface area contributed by atoms with E-state index in [4.69, 9.17) is 9.47 Å². The molecule has 2 amide bonds. The van der Waals surface area contributed by atoms with Crippen LogP contribution >= 0.6 is 0 Å². The van der Waals surface area contributed by atoms with Crippen molar-refractivity contribution in [1.29, 1.82) is 0 Å². The predicted molar refractivity (Wildman–Crippen MR) is 161 cm³/mol. The number of benzene rings is 3. The highest BCUT2D eigenvalue weighted by Gasteiger charge is 2.15. The summed E-state index contributed by atoms with van der Waals surface area (Å²) in [7, 11) is 0. The number of hydrazone groups is 1. The summed E-state index contributed by atoms with van der Waals surface area (Å²) in [4.78, 5) is 49.4. The molecule has 0 atom stereocenters. The zero-order valence-electron chi connectivity index (χ0n) is 23.8. The number of rotatable bonds is 16. The molecule has 0 saturated carbocycles. The third-order valence-corrected chi connectivity index (χ3v) is 6.26. The van der Waals surface area contributed by atoms with Crippen LogP contribution in [0.3, 0.4) is 0 Å². The maximum Gasteiger partial charge on any atom is 0.343 e. The van der Waals surface area contributed by atoms with Gasteiger partial charge >= 0.3 is 11.9 Å². The van der Waals surface area contributed by atoms with Gasteiger partial charge in [0, 0.05) is 18.1 Å². The van der Waals surface area contributed by atoms with E-state index in [0.717, 1.165) is 19.3 Å². The van der Waals surface area contributed by atoms with Gasteiger partial charge in [0.15, 0.2) is 0 Å². The van der Waals surface area contributed by atoms with Gasteiger partial charge in [0.05, 0.1) is 23.9 Å². The molecule has 9 heteroatoms. The van der Waals surface area contributed by atoms with Crippen LogP contribution in [0.4, 0.5) is 0 Å². The molecule has 0 aliphatic carbocycles. The Labute approximate surface area is 246 Å². The molecule has 0 heterocycles. The smallest absolute Gasteiger partial charge is 0.343 e. The second kappa shape index (κ2) is 17.8. The summed E-state index contributed by atoms with van der Waals surface area (Å²) in [6.07, 6.45) is 9.44. The number of nitrogens with one attached hydrogen (secondary N) is 2. The monoisotopic (exact) mass is 571 g/mol. The molecule has 3 aromatic carbocycles. The molecule has 0 aliphatic rings. The maximum atomic E-state index is 12.7. The maximum absolute atomic E-state index is 12.7. The number of nitrogens with zero attached hydrogens (tertiary/aromatic N) is 1. The Morgan fingerprint density at radius 3 is 1.95 bits per heavy atom. The lowest BCUT2D eigenvalue weighted by Gasteiger charge is -2.10. The van der Waals surface area contributed by atoms with Crippen LogP contribution in [0.1, 0.15) is 84.6 Å². The van der Waals surface area contributed by atoms with Gasteiger partial charge in [0.25, 0.3) is 5.91 Å². The predicted octanol–water partition coefficient (Wildman–Crippen LogP) is 5.83. The van der Waals surface area contributed by atoms with Crippen LogP contribution in [-0.4, -0.2) is 36.5 Å². The van der Waals surface area contributed by atoms with E-state index in [-0.39, 0.29) is 24.0 Å². The van der Waals surface area contributed by atoms with Crippen LogP contribution in [0.2, 0.25) is 0 Å². The van der Waals surface area contributed by atoms with Crippen LogP contribution < -0.4 is 20.2 Å². The molecule has 42 heavy (non-hydrogen) atoms. The molecule has 0 bridgehead atoms. The van der Waals surface area contributed by atoms with Crippen molar-refractivity contribution in [3.8, 4) is 11.5 Å². The molecule has 3 rings (SSSR count). The second-order valence-electron chi connectivity index (χ2n) is 9.65. The molecule has 0 saturated heterocycles. The van der Waals surface area contributed by atoms with Crippen molar-refractivity contribution in [2.75, 3.05) is 6.54 Å². The molecular weight excluding hydrogens is 534 g/mol. The Bertz CT molecular complexity index is 1340. The lowest BCUT2D eigenvalue weighted by molar-refractivity contribution is -0.126. The van der Waals surface area contributed by atoms with Gasteiger partial charge in [-0.05, 0) is 42.8 Å². The number of amides is 2. The van der Waals surface area contributed by atoms with Crippen molar-refractivity contribution >= 4 is 30.0 Å². The molecule has 0 aromatic heterocycles. The number of ether oxygens (including phenoxy) is 2. The summed E-state index contributed by atoms with van der Waals surface area (Å²) in [5.41, 5.74) is 3.39. The van der Waals surface area contributed by atoms with E-state index in [1.54, 1.807) is 66.7 Å². The van der Waals surface area contributed by atoms with E-state index < -0.39 is 17.8 Å². The minimum absolute atomic E-state index is 0.0724. The summed E-state index contributed by atoms with van der Waals surface area (Å²) in [5, 5.41) is 6.53. The molecule has 9 nitrogen and oxygen atoms in total. The molecule has 0 aliphatic heterocycles. The van der Waals surface area contributed by atoms with Crippen molar-refractivity contribution in [2.24, 2.45) is 5.10 Å². The van der Waals surface area contributed by atoms with E-state index in [9.17, 15) is 19.2 Å². The molecule has 0 radical (unpaired) electrons. The highest BCUT2D eigenvalue weighted by atomic mass is 16.5. The van der Waals surface area contributed by atoms with E-state index >= 15 is 0 Å². The number of unbranched alkanes of at least 4 members (excludes halogenated alkanes) is 6. The molecule has 0 spiro atoms. The average Bonchev–Trinajstić information content (AvgIpc) is 3.01. The Kier molecular flexibility index (Phi) is 13.5. The molecular formula is C33H37N3O6. The first-order valence-electron chi connectivity index (χ1n) is 14.2. The van der Waals surface area contributed by atoms with Crippen LogP contribution in [0, 0.1) is 0 Å². The van der Waals surface area contributed by atoms with Gasteiger partial charge < -0.3 is 14.8 Å². The van der Waals surface area contributed by atoms with E-state index in [1.165, 1.54) is 44.0 Å². The number of hydrogen-bond donors (Lipinski definition) is 2. The Morgan fingerprint density at radius 1 is 0.714 bits per heavy atom. The van der Waals surface area contributed by atoms with Gasteiger partial charge in [0.2, 0.25) is 5.91 Å². The van der Waals surface area contributed by atoms with Gasteiger partial charge in [-0.15, -0.1) is 0 Å². The standard InChI is InChI=1S/C33H37N3O6/c1-2-3-4-5-6-7-14-19-30(37)34-24-31(38)36-35-23-27-20-21-28(41-32(39)25-15-10-8-11-16-25)22-29(27)42-33(40)26-17-12-9-13-18-26/h8-13,15-18,20-23H,2-7,14,19,24H2,1H3,(H,34,37)(H,36,38). The normalized spacial score (nSPS) is 10.7. The van der Waals surface area contributed by atoms with Gasteiger partial charge in [-0.3, -0.25) is 9.59 Å². The first-order valence-corrected chi connectivity index (χ1v) is 14.2. The fourth-order valence-corrected chi connectivity index (χ4v) is 3.97. The minimum atomic E-state index is -0.621. The number of hydrogen-bond acceptors (Lipinski definition) is 7. The zero-order chi connectivity index (χ0) is 30.0. The van der Waals surface area contributed by atoms with E-state index in [1.807, 2.05) is 0 Å². The number of esters is 2. The molecule has 3 aromatic rings. The topological polar surface area (TPSA) is 123 Å². The van der Waals surface area contributed by atoms with Crippen molar-refractivity contribution < 1.29 is 28.7 Å². The van der Waals surface area contributed by atoms with Crippen molar-refractivity contribution in [2.45, 2.75) is 58.3 Å². The van der Waals surface area contributed by atoms with Gasteiger partial charge in [-0.25, -0.2) is 15.0 Å².